The van der Waals surface area contributed by atoms with Crippen molar-refractivity contribution in [2.75, 3.05) is 25.0 Å². The van der Waals surface area contributed by atoms with Crippen LogP contribution in [0.3, 0.4) is 0 Å². The summed E-state index contributed by atoms with van der Waals surface area (Å²) in [4.78, 5) is 61.7. The molecular weight excluding hydrogens is 774 g/mol. The van der Waals surface area contributed by atoms with Crippen LogP contribution < -0.4 is 21.5 Å². The molecule has 1 unspecified atom stereocenters. The number of benzene rings is 2. The number of rotatable bonds is 10. The molecule has 9 rings (SSSR count). The number of imide groups is 1. The van der Waals surface area contributed by atoms with Crippen LogP contribution in [0.25, 0.3) is 27.8 Å². The minimum Gasteiger partial charge on any atom is -0.353 e. The highest BCUT2D eigenvalue weighted by atomic mass is 19.1. The van der Waals surface area contributed by atoms with E-state index in [0.29, 0.717) is 48.3 Å². The van der Waals surface area contributed by atoms with Crippen molar-refractivity contribution in [1.82, 2.24) is 39.8 Å². The molecule has 0 radical (unpaired) electrons. The number of amides is 3. The number of nitrogens with zero attached hydrogens (tertiary/aromatic N) is 6. The number of pyridine rings is 1. The highest BCUT2D eigenvalue weighted by molar-refractivity contribution is 6.02. The van der Waals surface area contributed by atoms with E-state index in [4.69, 9.17) is 5.10 Å². The average Bonchev–Trinajstić information content (AvgIpc) is 3.60. The lowest BCUT2D eigenvalue weighted by atomic mass is 9.82. The maximum atomic E-state index is 15.1. The monoisotopic (exact) mass is 827 g/mol. The van der Waals surface area contributed by atoms with E-state index in [1.165, 1.54) is 22.4 Å². The van der Waals surface area contributed by atoms with Crippen molar-refractivity contribution in [2.45, 2.75) is 101 Å². The van der Waals surface area contributed by atoms with Crippen molar-refractivity contribution < 1.29 is 18.8 Å². The molecule has 3 aromatic heterocycles. The molecule has 4 fully saturated rings. The first-order chi connectivity index (χ1) is 29.6. The van der Waals surface area contributed by atoms with Gasteiger partial charge in [-0.05, 0) is 119 Å². The van der Waals surface area contributed by atoms with Gasteiger partial charge in [-0.3, -0.25) is 33.7 Å². The number of piperidine rings is 2. The van der Waals surface area contributed by atoms with E-state index in [9.17, 15) is 19.2 Å². The average molecular weight is 828 g/mol. The number of aryl methyl sites for hydroxylation is 1. The summed E-state index contributed by atoms with van der Waals surface area (Å²) in [6, 6.07) is 18.8. The predicted molar refractivity (Wildman–Crippen MR) is 231 cm³/mol. The number of anilines is 1. The first kappa shape index (κ1) is 40.6. The van der Waals surface area contributed by atoms with E-state index in [2.05, 4.69) is 49.0 Å². The smallest absolute Gasteiger partial charge is 0.255 e. The van der Waals surface area contributed by atoms with Crippen LogP contribution in [0.5, 0.6) is 0 Å². The molecule has 0 bridgehead atoms. The fourth-order valence-corrected chi connectivity index (χ4v) is 10.2. The Morgan fingerprint density at radius 1 is 0.902 bits per heavy atom. The number of hydrogen-bond acceptors (Lipinski definition) is 9. The highest BCUT2D eigenvalue weighted by Gasteiger charge is 2.34. The summed E-state index contributed by atoms with van der Waals surface area (Å²) in [6.07, 6.45) is 13.4. The van der Waals surface area contributed by atoms with E-state index in [1.54, 1.807) is 42.6 Å². The summed E-state index contributed by atoms with van der Waals surface area (Å²) in [5.41, 5.74) is 4.23. The van der Waals surface area contributed by atoms with Crippen LogP contribution in [-0.2, 0) is 21.4 Å². The number of fused-ring (bicyclic) bond motifs is 1. The Balaban J connectivity index is 0.727. The lowest BCUT2D eigenvalue weighted by molar-refractivity contribution is -0.134. The molecule has 3 N–H and O–H groups in total. The number of carbonyl (C=O) groups is 3. The van der Waals surface area contributed by atoms with Crippen LogP contribution in [0, 0.1) is 17.7 Å². The van der Waals surface area contributed by atoms with Gasteiger partial charge in [0.25, 0.3) is 5.56 Å². The zero-order valence-electron chi connectivity index (χ0n) is 34.7. The fourth-order valence-electron chi connectivity index (χ4n) is 10.2. The number of likely N-dealkylation sites (tertiary alicyclic amines) is 1. The van der Waals surface area contributed by atoms with Gasteiger partial charge >= 0.3 is 0 Å². The molecule has 2 saturated carbocycles. The molecule has 2 aromatic carbocycles. The first-order valence-electron chi connectivity index (χ1n) is 22.1. The van der Waals surface area contributed by atoms with Gasteiger partial charge in [0.15, 0.2) is 5.82 Å². The minimum absolute atomic E-state index is 0.00665. The normalized spacial score (nSPS) is 24.1. The number of halogens is 1. The summed E-state index contributed by atoms with van der Waals surface area (Å²) in [6.45, 7) is 3.24. The molecule has 2 aliphatic heterocycles. The molecule has 2 saturated heterocycles. The van der Waals surface area contributed by atoms with Crippen LogP contribution in [0.15, 0.2) is 77.9 Å². The van der Waals surface area contributed by atoms with Crippen molar-refractivity contribution in [2.24, 2.45) is 18.9 Å². The molecule has 3 amide bonds. The summed E-state index contributed by atoms with van der Waals surface area (Å²) in [5, 5.41) is 15.0. The van der Waals surface area contributed by atoms with Crippen molar-refractivity contribution >= 4 is 34.6 Å². The van der Waals surface area contributed by atoms with Crippen LogP contribution in [-0.4, -0.2) is 78.7 Å². The number of nitrogens with one attached hydrogen (secondary N) is 3. The Hall–Kier alpha value is -5.76. The fraction of sp³-hybridized carbons (Fsp3) is 0.468. The third-order valence-electron chi connectivity index (χ3n) is 13.6. The van der Waals surface area contributed by atoms with E-state index < -0.39 is 11.7 Å². The summed E-state index contributed by atoms with van der Waals surface area (Å²) < 4.78 is 18.4. The van der Waals surface area contributed by atoms with Gasteiger partial charge in [-0.2, -0.15) is 5.10 Å². The van der Waals surface area contributed by atoms with E-state index >= 15 is 4.39 Å². The van der Waals surface area contributed by atoms with Gasteiger partial charge in [-0.15, -0.1) is 0 Å². The SMILES string of the molecule is Cn1nc(C2CCC(=O)NC2=O)c2ccc(C3CCN(CC4CCC(NC(=O)[C@H]5CCC[C@@H](Nc6ncc(F)c(-c7cccc(-n8ccccc8=O)c7)n6)C5)CC4)CC3)cc21. The van der Waals surface area contributed by atoms with Gasteiger partial charge in [0.1, 0.15) is 5.69 Å². The molecule has 0 spiro atoms. The quantitative estimate of drug-likeness (QED) is 0.136. The van der Waals surface area contributed by atoms with Gasteiger partial charge in [-0.25, -0.2) is 14.4 Å². The largest absolute Gasteiger partial charge is 0.353 e. The Kier molecular flexibility index (Phi) is 11.8. The maximum Gasteiger partial charge on any atom is 0.255 e. The van der Waals surface area contributed by atoms with E-state index in [1.807, 2.05) is 11.7 Å². The summed E-state index contributed by atoms with van der Waals surface area (Å²) >= 11 is 0. The van der Waals surface area contributed by atoms with Gasteiger partial charge in [0.05, 0.1) is 23.3 Å². The number of carbonyl (C=O) groups excluding carboxylic acids is 3. The zero-order chi connectivity index (χ0) is 42.0. The van der Waals surface area contributed by atoms with Gasteiger partial charge in [-0.1, -0.05) is 36.8 Å². The molecule has 3 atom stereocenters. The second-order valence-electron chi connectivity index (χ2n) is 17.6. The Morgan fingerprint density at radius 2 is 1.74 bits per heavy atom. The highest BCUT2D eigenvalue weighted by Crippen LogP contribution is 2.36. The minimum atomic E-state index is -0.552. The molecule has 4 aliphatic rings. The standard InChI is InChI=1S/C47H54FN9O4/c1-55-40-26-31(13-16-37(40)44(54-55)38-17-18-41(58)52-46(38)61)30-19-22-56(23-20-30)28-29-11-14-34(15-12-29)50-45(60)33-7-4-8-35(24-33)51-47-49-27-39(48)43(53-47)32-6-5-9-36(25-32)57-21-3-2-10-42(57)59/h2-3,5-6,9-10,13,16,21,25-27,29-30,33-35,38H,4,7-8,11-12,14-15,17-20,22-24,28H2,1H3,(H,50,60)(H,49,51,53)(H,52,58,61)/t29?,33-,34?,35+,38?/m0/s1. The van der Waals surface area contributed by atoms with Crippen LogP contribution in [0.4, 0.5) is 10.3 Å². The third kappa shape index (κ3) is 9.00. The Morgan fingerprint density at radius 3 is 2.54 bits per heavy atom. The van der Waals surface area contributed by atoms with Gasteiger partial charge < -0.3 is 15.5 Å². The second-order valence-corrected chi connectivity index (χ2v) is 17.6. The maximum absolute atomic E-state index is 15.1. The lowest BCUT2D eigenvalue weighted by Gasteiger charge is -2.37. The molecular formula is C47H54FN9O4. The molecule has 2 aliphatic carbocycles. The zero-order valence-corrected chi connectivity index (χ0v) is 34.7. The van der Waals surface area contributed by atoms with E-state index in [-0.39, 0.29) is 47.0 Å². The van der Waals surface area contributed by atoms with Crippen molar-refractivity contribution in [3.8, 4) is 16.9 Å². The van der Waals surface area contributed by atoms with Crippen molar-refractivity contribution in [3.63, 3.8) is 0 Å². The molecule has 5 heterocycles. The Labute approximate surface area is 354 Å². The topological polar surface area (TPSA) is 156 Å². The van der Waals surface area contributed by atoms with Crippen LogP contribution >= 0.6 is 0 Å². The van der Waals surface area contributed by atoms with E-state index in [0.717, 1.165) is 94.0 Å². The van der Waals surface area contributed by atoms with Crippen LogP contribution in [0.1, 0.15) is 100 Å². The Bertz CT molecular complexity index is 2490. The molecule has 318 valence electrons. The summed E-state index contributed by atoms with van der Waals surface area (Å²) in [5.74, 6) is 0.0395. The number of hydrogen-bond donors (Lipinski definition) is 3. The third-order valence-corrected chi connectivity index (χ3v) is 13.6. The van der Waals surface area contributed by atoms with Gasteiger partial charge in [0.2, 0.25) is 23.7 Å². The summed E-state index contributed by atoms with van der Waals surface area (Å²) in [7, 11) is 1.93. The van der Waals surface area contributed by atoms with Crippen LogP contribution in [0.2, 0.25) is 0 Å². The lowest BCUT2D eigenvalue weighted by Crippen LogP contribution is -2.44. The molecule has 61 heavy (non-hydrogen) atoms. The molecule has 5 aromatic rings. The van der Waals surface area contributed by atoms with Gasteiger partial charge in [0, 0.05) is 66.9 Å². The molecule has 14 heteroatoms. The number of aromatic nitrogens is 5. The second kappa shape index (κ2) is 17.7. The van der Waals surface area contributed by atoms with Crippen molar-refractivity contribution in [1.29, 1.82) is 0 Å². The first-order valence-corrected chi connectivity index (χ1v) is 22.1. The molecule has 13 nitrogen and oxygen atoms in total. The van der Waals surface area contributed by atoms with Crippen molar-refractivity contribution in [3.05, 3.63) is 100 Å². The predicted octanol–water partition coefficient (Wildman–Crippen LogP) is 6.37.